The molecule has 1 aromatic rings. The molecule has 1 saturated heterocycles. The first-order valence-corrected chi connectivity index (χ1v) is 9.71. The van der Waals surface area contributed by atoms with E-state index in [0.717, 1.165) is 44.7 Å². The van der Waals surface area contributed by atoms with E-state index in [1.165, 1.54) is 11.9 Å². The second kappa shape index (κ2) is 7.57. The summed E-state index contributed by atoms with van der Waals surface area (Å²) in [6.45, 7) is 5.02. The first kappa shape index (κ1) is 17.4. The van der Waals surface area contributed by atoms with Crippen molar-refractivity contribution < 1.29 is 13.2 Å². The van der Waals surface area contributed by atoms with Gasteiger partial charge in [-0.15, -0.1) is 0 Å². The van der Waals surface area contributed by atoms with Gasteiger partial charge < -0.3 is 9.30 Å². The van der Waals surface area contributed by atoms with Crippen LogP contribution in [-0.4, -0.2) is 55.3 Å². The van der Waals surface area contributed by atoms with Crippen LogP contribution in [0.3, 0.4) is 0 Å². The van der Waals surface area contributed by atoms with Crippen LogP contribution < -0.4 is 0 Å². The molecule has 0 atom stereocenters. The Kier molecular flexibility index (Phi) is 6.00. The summed E-state index contributed by atoms with van der Waals surface area (Å²) in [6.07, 6.45) is 6.95. The molecule has 0 aliphatic carbocycles. The fourth-order valence-corrected chi connectivity index (χ4v) is 3.92. The number of aromatic nitrogens is 2. The quantitative estimate of drug-likeness (QED) is 0.710. The van der Waals surface area contributed by atoms with Gasteiger partial charge in [0.25, 0.3) is 0 Å². The van der Waals surface area contributed by atoms with Crippen molar-refractivity contribution in [2.24, 2.45) is 5.92 Å². The summed E-state index contributed by atoms with van der Waals surface area (Å²) in [5, 5.41) is 0. The number of ether oxygens (including phenoxy) is 1. The van der Waals surface area contributed by atoms with Crippen LogP contribution in [0.1, 0.15) is 30.8 Å². The van der Waals surface area contributed by atoms with Gasteiger partial charge in [-0.05, 0) is 32.1 Å². The third-order valence-electron chi connectivity index (χ3n) is 4.38. The Balaban J connectivity index is 1.92. The average molecular weight is 329 g/mol. The van der Waals surface area contributed by atoms with Gasteiger partial charge in [-0.3, -0.25) is 0 Å². The molecule has 126 valence electrons. The molecule has 6 nitrogen and oxygen atoms in total. The van der Waals surface area contributed by atoms with Crippen LogP contribution >= 0.6 is 0 Å². The van der Waals surface area contributed by atoms with Gasteiger partial charge in [0.1, 0.15) is 5.82 Å². The highest BCUT2D eigenvalue weighted by molar-refractivity contribution is 7.88. The van der Waals surface area contributed by atoms with Crippen LogP contribution in [0.5, 0.6) is 0 Å². The predicted octanol–water partition coefficient (Wildman–Crippen LogP) is 1.44. The maximum Gasteiger partial charge on any atom is 0.211 e. The van der Waals surface area contributed by atoms with Crippen molar-refractivity contribution in [2.45, 2.75) is 39.2 Å². The highest BCUT2D eigenvalue weighted by Gasteiger charge is 2.26. The number of piperidine rings is 1. The Bertz CT molecular complexity index is 575. The van der Waals surface area contributed by atoms with Crippen LogP contribution in [0.15, 0.2) is 6.20 Å². The van der Waals surface area contributed by atoms with E-state index in [1.807, 2.05) is 6.20 Å². The van der Waals surface area contributed by atoms with E-state index in [9.17, 15) is 8.42 Å². The second-order valence-corrected chi connectivity index (χ2v) is 8.11. The van der Waals surface area contributed by atoms with Gasteiger partial charge in [-0.1, -0.05) is 0 Å². The van der Waals surface area contributed by atoms with Crippen molar-refractivity contribution in [2.75, 3.05) is 33.1 Å². The SMILES string of the molecule is COCCCn1c(C)cnc1CC1CCN(S(C)(=O)=O)CC1. The number of rotatable bonds is 7. The molecular formula is C15H27N3O3S. The largest absolute Gasteiger partial charge is 0.385 e. The molecule has 7 heteroatoms. The maximum absolute atomic E-state index is 11.6. The molecule has 1 fully saturated rings. The van der Waals surface area contributed by atoms with E-state index >= 15 is 0 Å². The Morgan fingerprint density at radius 1 is 1.36 bits per heavy atom. The molecule has 22 heavy (non-hydrogen) atoms. The predicted molar refractivity (Wildman–Crippen MR) is 86.3 cm³/mol. The lowest BCUT2D eigenvalue weighted by atomic mass is 9.94. The third kappa shape index (κ3) is 4.54. The lowest BCUT2D eigenvalue weighted by Gasteiger charge is -2.30. The lowest BCUT2D eigenvalue weighted by Crippen LogP contribution is -2.38. The van der Waals surface area contributed by atoms with Gasteiger partial charge in [0.2, 0.25) is 10.0 Å². The molecule has 0 N–H and O–H groups in total. The Labute approximate surface area is 133 Å². The van der Waals surface area contributed by atoms with Crippen LogP contribution in [0.25, 0.3) is 0 Å². The fraction of sp³-hybridized carbons (Fsp3) is 0.800. The normalized spacial score (nSPS) is 18.0. The molecule has 2 rings (SSSR count). The Hall–Kier alpha value is -0.920. The van der Waals surface area contributed by atoms with Gasteiger partial charge in [0.15, 0.2) is 0 Å². The van der Waals surface area contributed by atoms with Crippen LogP contribution in [0.2, 0.25) is 0 Å². The molecule has 1 aliphatic heterocycles. The number of sulfonamides is 1. The van der Waals surface area contributed by atoms with Crippen LogP contribution in [0, 0.1) is 12.8 Å². The highest BCUT2D eigenvalue weighted by atomic mass is 32.2. The van der Waals surface area contributed by atoms with Gasteiger partial charge >= 0.3 is 0 Å². The zero-order chi connectivity index (χ0) is 16.2. The molecule has 1 aliphatic rings. The van der Waals surface area contributed by atoms with E-state index < -0.39 is 10.0 Å². The maximum atomic E-state index is 11.6. The zero-order valence-electron chi connectivity index (χ0n) is 13.8. The first-order chi connectivity index (χ1) is 10.4. The summed E-state index contributed by atoms with van der Waals surface area (Å²) in [5.41, 5.74) is 1.18. The summed E-state index contributed by atoms with van der Waals surface area (Å²) in [6, 6.07) is 0. The average Bonchev–Trinajstić information content (AvgIpc) is 2.80. The summed E-state index contributed by atoms with van der Waals surface area (Å²) >= 11 is 0. The minimum Gasteiger partial charge on any atom is -0.385 e. The molecule has 0 saturated carbocycles. The molecule has 0 spiro atoms. The van der Waals surface area contributed by atoms with E-state index in [1.54, 1.807) is 11.4 Å². The van der Waals surface area contributed by atoms with Crippen molar-refractivity contribution in [3.8, 4) is 0 Å². The molecular weight excluding hydrogens is 302 g/mol. The molecule has 1 aromatic heterocycles. The van der Waals surface area contributed by atoms with E-state index in [4.69, 9.17) is 4.74 Å². The summed E-state index contributed by atoms with van der Waals surface area (Å²) in [5.74, 6) is 1.63. The number of hydrogen-bond donors (Lipinski definition) is 0. The molecule has 0 bridgehead atoms. The van der Waals surface area contributed by atoms with E-state index in [-0.39, 0.29) is 0 Å². The number of hydrogen-bond acceptors (Lipinski definition) is 4. The Morgan fingerprint density at radius 2 is 2.05 bits per heavy atom. The second-order valence-electron chi connectivity index (χ2n) is 6.12. The van der Waals surface area contributed by atoms with Gasteiger partial charge in [-0.2, -0.15) is 0 Å². The molecule has 2 heterocycles. The van der Waals surface area contributed by atoms with Crippen molar-refractivity contribution in [1.82, 2.24) is 13.9 Å². The standard InChI is InChI=1S/C15H27N3O3S/c1-13-12-16-15(18(13)7-4-10-21-2)11-14-5-8-17(9-6-14)22(3,19)20/h12,14H,4-11H2,1-3H3. The van der Waals surface area contributed by atoms with Gasteiger partial charge in [0.05, 0.1) is 6.26 Å². The molecule has 0 unspecified atom stereocenters. The summed E-state index contributed by atoms with van der Waals surface area (Å²) in [7, 11) is -1.32. The third-order valence-corrected chi connectivity index (χ3v) is 5.68. The van der Waals surface area contributed by atoms with E-state index in [0.29, 0.717) is 19.0 Å². The van der Waals surface area contributed by atoms with Crippen molar-refractivity contribution >= 4 is 10.0 Å². The number of aryl methyl sites for hydroxylation is 1. The Morgan fingerprint density at radius 3 is 2.64 bits per heavy atom. The van der Waals surface area contributed by atoms with Gasteiger partial charge in [-0.25, -0.2) is 17.7 Å². The van der Waals surface area contributed by atoms with E-state index in [2.05, 4.69) is 16.5 Å². The van der Waals surface area contributed by atoms with Crippen molar-refractivity contribution in [3.63, 3.8) is 0 Å². The lowest BCUT2D eigenvalue weighted by molar-refractivity contribution is 0.189. The molecule has 0 aromatic carbocycles. The van der Waals surface area contributed by atoms with Crippen molar-refractivity contribution in [3.05, 3.63) is 17.7 Å². The highest BCUT2D eigenvalue weighted by Crippen LogP contribution is 2.23. The fourth-order valence-electron chi connectivity index (χ4n) is 3.05. The molecule has 0 amide bonds. The minimum absolute atomic E-state index is 0.515. The molecule has 0 radical (unpaired) electrons. The smallest absolute Gasteiger partial charge is 0.211 e. The summed E-state index contributed by atoms with van der Waals surface area (Å²) < 4.78 is 32.1. The monoisotopic (exact) mass is 329 g/mol. The summed E-state index contributed by atoms with van der Waals surface area (Å²) in [4.78, 5) is 4.55. The topological polar surface area (TPSA) is 64.4 Å². The van der Waals surface area contributed by atoms with Gasteiger partial charge in [0, 0.05) is 51.7 Å². The first-order valence-electron chi connectivity index (χ1n) is 7.87. The number of nitrogens with zero attached hydrogens (tertiary/aromatic N) is 3. The van der Waals surface area contributed by atoms with Crippen LogP contribution in [0.4, 0.5) is 0 Å². The zero-order valence-corrected chi connectivity index (χ0v) is 14.6. The number of imidazole rings is 1. The number of methoxy groups -OCH3 is 1. The van der Waals surface area contributed by atoms with Crippen molar-refractivity contribution in [1.29, 1.82) is 0 Å². The minimum atomic E-state index is -3.04. The van der Waals surface area contributed by atoms with Crippen LogP contribution in [-0.2, 0) is 27.7 Å².